The Balaban J connectivity index is 1.75. The van der Waals surface area contributed by atoms with Crippen molar-refractivity contribution in [1.82, 2.24) is 10.6 Å². The molecular formula is C16H22FN3O. The van der Waals surface area contributed by atoms with E-state index >= 15 is 0 Å². The van der Waals surface area contributed by atoms with E-state index < -0.39 is 0 Å². The van der Waals surface area contributed by atoms with Crippen LogP contribution in [-0.2, 0) is 10.2 Å². The molecule has 0 aromatic heterocycles. The highest BCUT2D eigenvalue weighted by molar-refractivity contribution is 5.81. The lowest BCUT2D eigenvalue weighted by atomic mass is 9.74. The summed E-state index contributed by atoms with van der Waals surface area (Å²) in [5, 5.41) is 6.74. The zero-order chi connectivity index (χ0) is 14.7. The van der Waals surface area contributed by atoms with E-state index in [1.165, 1.54) is 5.56 Å². The predicted molar refractivity (Wildman–Crippen MR) is 81.0 cm³/mol. The molecule has 5 heteroatoms. The smallest absolute Gasteiger partial charge is 0.191 e. The van der Waals surface area contributed by atoms with Crippen molar-refractivity contribution in [2.75, 3.05) is 26.3 Å². The van der Waals surface area contributed by atoms with Crippen molar-refractivity contribution < 1.29 is 9.13 Å². The zero-order valence-electron chi connectivity index (χ0n) is 12.4. The Morgan fingerprint density at radius 3 is 2.67 bits per heavy atom. The first-order valence-electron chi connectivity index (χ1n) is 7.57. The molecule has 0 spiro atoms. The molecule has 1 saturated heterocycles. The van der Waals surface area contributed by atoms with Crippen molar-refractivity contribution in [1.29, 1.82) is 0 Å². The number of nitrogens with one attached hydrogen (secondary N) is 2. The first-order chi connectivity index (χ1) is 10.2. The van der Waals surface area contributed by atoms with Crippen LogP contribution in [-0.4, -0.2) is 38.3 Å². The second kappa shape index (κ2) is 6.02. The van der Waals surface area contributed by atoms with Gasteiger partial charge in [0.2, 0.25) is 0 Å². The Labute approximate surface area is 124 Å². The minimum absolute atomic E-state index is 0.0119. The molecule has 2 heterocycles. The third-order valence-electron chi connectivity index (χ3n) is 4.41. The number of aliphatic imine (C=N–C) groups is 1. The van der Waals surface area contributed by atoms with E-state index in [-0.39, 0.29) is 11.2 Å². The Bertz CT molecular complexity index is 509. The van der Waals surface area contributed by atoms with Crippen LogP contribution in [0.2, 0.25) is 0 Å². The molecule has 2 aliphatic heterocycles. The second-order valence-corrected chi connectivity index (χ2v) is 5.99. The molecule has 1 unspecified atom stereocenters. The molecule has 0 saturated carbocycles. The Morgan fingerprint density at radius 2 is 2.05 bits per heavy atom. The van der Waals surface area contributed by atoms with Crippen molar-refractivity contribution in [3.63, 3.8) is 0 Å². The van der Waals surface area contributed by atoms with Crippen molar-refractivity contribution in [3.05, 3.63) is 35.6 Å². The molecule has 3 rings (SSSR count). The Hall–Kier alpha value is -1.62. The summed E-state index contributed by atoms with van der Waals surface area (Å²) in [7, 11) is 0. The summed E-state index contributed by atoms with van der Waals surface area (Å²) in [5.74, 6) is 0.681. The molecule has 4 nitrogen and oxygen atoms in total. The molecule has 1 aromatic carbocycles. The maximum atomic E-state index is 13.2. The van der Waals surface area contributed by atoms with Crippen LogP contribution >= 0.6 is 0 Å². The summed E-state index contributed by atoms with van der Waals surface area (Å²) >= 11 is 0. The van der Waals surface area contributed by atoms with Gasteiger partial charge in [0.25, 0.3) is 0 Å². The fourth-order valence-corrected chi connectivity index (χ4v) is 3.05. The van der Waals surface area contributed by atoms with Crippen molar-refractivity contribution in [2.24, 2.45) is 4.99 Å². The molecule has 0 aliphatic carbocycles. The van der Waals surface area contributed by atoms with Gasteiger partial charge in [-0.2, -0.15) is 0 Å². The van der Waals surface area contributed by atoms with Gasteiger partial charge in [-0.1, -0.05) is 12.1 Å². The highest BCUT2D eigenvalue weighted by Gasteiger charge is 2.35. The summed E-state index contributed by atoms with van der Waals surface area (Å²) in [6.07, 6.45) is 1.88. The van der Waals surface area contributed by atoms with Crippen LogP contribution in [0.4, 0.5) is 4.39 Å². The van der Waals surface area contributed by atoms with Crippen molar-refractivity contribution in [3.8, 4) is 0 Å². The van der Waals surface area contributed by atoms with Crippen LogP contribution < -0.4 is 10.6 Å². The van der Waals surface area contributed by atoms with Gasteiger partial charge in [0, 0.05) is 31.2 Å². The number of rotatable bonds is 3. The highest BCUT2D eigenvalue weighted by Crippen LogP contribution is 2.34. The van der Waals surface area contributed by atoms with Gasteiger partial charge in [-0.25, -0.2) is 4.39 Å². The zero-order valence-corrected chi connectivity index (χ0v) is 12.4. The number of halogens is 1. The van der Waals surface area contributed by atoms with Crippen LogP contribution in [0.15, 0.2) is 29.3 Å². The molecule has 2 N–H and O–H groups in total. The summed E-state index contributed by atoms with van der Waals surface area (Å²) in [6.45, 7) is 5.21. The monoisotopic (exact) mass is 291 g/mol. The summed E-state index contributed by atoms with van der Waals surface area (Å²) < 4.78 is 18.7. The van der Waals surface area contributed by atoms with E-state index in [0.29, 0.717) is 6.04 Å². The Morgan fingerprint density at radius 1 is 1.33 bits per heavy atom. The number of nitrogens with zero attached hydrogens (tertiary/aromatic N) is 1. The molecule has 0 radical (unpaired) electrons. The van der Waals surface area contributed by atoms with Crippen LogP contribution in [0.3, 0.4) is 0 Å². The topological polar surface area (TPSA) is 45.7 Å². The summed E-state index contributed by atoms with van der Waals surface area (Å²) in [4.78, 5) is 4.44. The van der Waals surface area contributed by atoms with Gasteiger partial charge in [-0.15, -0.1) is 0 Å². The van der Waals surface area contributed by atoms with E-state index in [0.717, 1.165) is 45.1 Å². The molecular weight excluding hydrogens is 269 g/mol. The number of hydrogen-bond donors (Lipinski definition) is 2. The minimum atomic E-state index is -0.190. The average molecular weight is 291 g/mol. The first kappa shape index (κ1) is 14.3. The number of benzene rings is 1. The molecule has 114 valence electrons. The lowest BCUT2D eigenvalue weighted by Crippen LogP contribution is -2.47. The van der Waals surface area contributed by atoms with Gasteiger partial charge in [0.1, 0.15) is 5.82 Å². The minimum Gasteiger partial charge on any atom is -0.381 e. The van der Waals surface area contributed by atoms with Crippen LogP contribution in [0, 0.1) is 5.82 Å². The number of hydrogen-bond acceptors (Lipinski definition) is 4. The molecule has 1 aromatic rings. The van der Waals surface area contributed by atoms with Gasteiger partial charge in [0.15, 0.2) is 5.96 Å². The van der Waals surface area contributed by atoms with Gasteiger partial charge in [-0.05, 0) is 37.5 Å². The summed E-state index contributed by atoms with van der Waals surface area (Å²) in [6, 6.07) is 7.27. The van der Waals surface area contributed by atoms with E-state index in [9.17, 15) is 4.39 Å². The maximum absolute atomic E-state index is 13.2. The molecule has 0 bridgehead atoms. The molecule has 1 atom stereocenters. The van der Waals surface area contributed by atoms with Gasteiger partial charge < -0.3 is 15.4 Å². The fourth-order valence-electron chi connectivity index (χ4n) is 3.05. The standard InChI is InChI=1S/C16H22FN3O/c1-12-10-18-15(20-12)19-11-16(6-8-21-9-7-16)13-2-4-14(17)5-3-13/h2-5,12H,6-11H2,1H3,(H2,18,19,20). The first-order valence-corrected chi connectivity index (χ1v) is 7.57. The Kier molecular flexibility index (Phi) is 4.10. The number of guanidine groups is 1. The fraction of sp³-hybridized carbons (Fsp3) is 0.562. The molecule has 0 amide bonds. The van der Waals surface area contributed by atoms with Gasteiger partial charge in [-0.3, -0.25) is 4.99 Å². The lowest BCUT2D eigenvalue weighted by Gasteiger charge is -2.38. The summed E-state index contributed by atoms with van der Waals surface area (Å²) in [5.41, 5.74) is 1.16. The third-order valence-corrected chi connectivity index (χ3v) is 4.41. The molecule has 2 aliphatic rings. The van der Waals surface area contributed by atoms with E-state index in [2.05, 4.69) is 22.5 Å². The van der Waals surface area contributed by atoms with Crippen LogP contribution in [0.25, 0.3) is 0 Å². The second-order valence-electron chi connectivity index (χ2n) is 5.99. The van der Waals surface area contributed by atoms with Crippen LogP contribution in [0.5, 0.6) is 0 Å². The van der Waals surface area contributed by atoms with E-state index in [1.54, 1.807) is 12.1 Å². The maximum Gasteiger partial charge on any atom is 0.191 e. The highest BCUT2D eigenvalue weighted by atomic mass is 19.1. The SMILES string of the molecule is CC1CN=C(NCC2(c3ccc(F)cc3)CCOCC2)N1. The van der Waals surface area contributed by atoms with Crippen LogP contribution in [0.1, 0.15) is 25.3 Å². The molecule has 21 heavy (non-hydrogen) atoms. The van der Waals surface area contributed by atoms with Crippen molar-refractivity contribution in [2.45, 2.75) is 31.2 Å². The molecule has 1 fully saturated rings. The predicted octanol–water partition coefficient (Wildman–Crippen LogP) is 1.81. The lowest BCUT2D eigenvalue weighted by molar-refractivity contribution is 0.0514. The third kappa shape index (κ3) is 3.18. The van der Waals surface area contributed by atoms with Gasteiger partial charge in [0.05, 0.1) is 6.54 Å². The van der Waals surface area contributed by atoms with E-state index in [1.807, 2.05) is 12.1 Å². The van der Waals surface area contributed by atoms with Crippen molar-refractivity contribution >= 4 is 5.96 Å². The normalized spacial score (nSPS) is 24.3. The quantitative estimate of drug-likeness (QED) is 0.893. The van der Waals surface area contributed by atoms with Gasteiger partial charge >= 0.3 is 0 Å². The average Bonchev–Trinajstić information content (AvgIpc) is 2.92. The van der Waals surface area contributed by atoms with E-state index in [4.69, 9.17) is 4.74 Å². The largest absolute Gasteiger partial charge is 0.381 e. The number of ether oxygens (including phenoxy) is 1.